The first-order valence-corrected chi connectivity index (χ1v) is 5.87. The topological polar surface area (TPSA) is 116 Å². The molecule has 118 valence electrons. The van der Waals surface area contributed by atoms with Crippen LogP contribution in [0.2, 0.25) is 0 Å². The van der Waals surface area contributed by atoms with Gasteiger partial charge in [-0.3, -0.25) is 0 Å². The lowest BCUT2D eigenvalue weighted by atomic mass is 9.95. The summed E-state index contributed by atoms with van der Waals surface area (Å²) >= 11 is 0. The van der Waals surface area contributed by atoms with E-state index in [-0.39, 0.29) is 19.1 Å². The molecule has 0 saturated heterocycles. The molecule has 1 heterocycles. The molecule has 7 nitrogen and oxygen atoms in total. The molecular weight excluding hydrogens is 291 g/mol. The second-order valence-electron chi connectivity index (χ2n) is 5.11. The zero-order valence-electron chi connectivity index (χ0n) is 11.5. The number of nitrogens with one attached hydrogen (secondary N) is 1. The Morgan fingerprint density at radius 2 is 2.05 bits per heavy atom. The highest BCUT2D eigenvalue weighted by Gasteiger charge is 2.35. The molecule has 0 fully saturated rings. The van der Waals surface area contributed by atoms with Crippen molar-refractivity contribution in [2.45, 2.75) is 20.0 Å². The molecule has 1 rings (SSSR count). The van der Waals surface area contributed by atoms with Gasteiger partial charge in [0, 0.05) is 18.2 Å². The average molecular weight is 307 g/mol. The maximum Gasteiger partial charge on any atom is 0.421 e. The Kier molecular flexibility index (Phi) is 4.81. The molecule has 0 atom stereocenters. The van der Waals surface area contributed by atoms with Crippen molar-refractivity contribution in [3.05, 3.63) is 11.8 Å². The number of anilines is 2. The number of ether oxygens (including phenoxy) is 1. The molecule has 0 radical (unpaired) electrons. The minimum absolute atomic E-state index is 0.0554. The fourth-order valence-electron chi connectivity index (χ4n) is 1.38. The van der Waals surface area contributed by atoms with Crippen molar-refractivity contribution in [2.24, 2.45) is 11.1 Å². The van der Waals surface area contributed by atoms with E-state index in [0.717, 1.165) is 0 Å². The maximum absolute atomic E-state index is 12.8. The number of aromatic nitrogens is 2. The first kappa shape index (κ1) is 16.8. The molecule has 0 aliphatic heterocycles. The van der Waals surface area contributed by atoms with E-state index in [1.54, 1.807) is 13.8 Å². The fraction of sp³-hybridized carbons (Fsp3) is 0.545. The lowest BCUT2D eigenvalue weighted by Gasteiger charge is -2.25. The van der Waals surface area contributed by atoms with Gasteiger partial charge in [-0.05, 0) is 0 Å². The number of hydrogen-bond acceptors (Lipinski definition) is 6. The highest BCUT2D eigenvalue weighted by atomic mass is 19.4. The van der Waals surface area contributed by atoms with Crippen LogP contribution in [0.25, 0.3) is 0 Å². The molecule has 10 heteroatoms. The lowest BCUT2D eigenvalue weighted by Crippen LogP contribution is -2.32. The summed E-state index contributed by atoms with van der Waals surface area (Å²) in [5.41, 5.74) is 8.45. The SMILES string of the molecule is CC(C)(CNc1nc(N)ncc1C(F)(F)F)COC(N)=O. The van der Waals surface area contributed by atoms with E-state index in [1.165, 1.54) is 0 Å². The van der Waals surface area contributed by atoms with Crippen LogP contribution in [-0.4, -0.2) is 29.2 Å². The van der Waals surface area contributed by atoms with Crippen molar-refractivity contribution in [2.75, 3.05) is 24.2 Å². The van der Waals surface area contributed by atoms with E-state index in [0.29, 0.717) is 6.20 Å². The molecule has 0 aromatic carbocycles. The maximum atomic E-state index is 12.8. The van der Waals surface area contributed by atoms with Crippen LogP contribution in [0, 0.1) is 5.41 Å². The molecule has 0 aliphatic rings. The number of nitrogens with two attached hydrogens (primary N) is 2. The van der Waals surface area contributed by atoms with E-state index < -0.39 is 29.1 Å². The molecule has 5 N–H and O–H groups in total. The van der Waals surface area contributed by atoms with Crippen molar-refractivity contribution in [1.29, 1.82) is 0 Å². The number of primary amides is 1. The number of carbonyl (C=O) groups is 1. The number of alkyl halides is 3. The monoisotopic (exact) mass is 307 g/mol. The van der Waals surface area contributed by atoms with Crippen molar-refractivity contribution in [1.82, 2.24) is 9.97 Å². The molecule has 21 heavy (non-hydrogen) atoms. The third kappa shape index (κ3) is 5.32. The fourth-order valence-corrected chi connectivity index (χ4v) is 1.38. The normalized spacial score (nSPS) is 12.0. The van der Waals surface area contributed by atoms with Gasteiger partial charge >= 0.3 is 12.3 Å². The van der Waals surface area contributed by atoms with Crippen molar-refractivity contribution in [3.63, 3.8) is 0 Å². The Morgan fingerprint density at radius 3 is 2.57 bits per heavy atom. The Hall–Kier alpha value is -2.26. The largest absolute Gasteiger partial charge is 0.449 e. The van der Waals surface area contributed by atoms with Gasteiger partial charge in [0.05, 0.1) is 6.61 Å². The van der Waals surface area contributed by atoms with Crippen molar-refractivity contribution in [3.8, 4) is 0 Å². The van der Waals surface area contributed by atoms with Crippen LogP contribution in [0.15, 0.2) is 6.20 Å². The summed E-state index contributed by atoms with van der Waals surface area (Å²) in [6.07, 6.45) is -4.95. The molecule has 1 amide bonds. The second-order valence-corrected chi connectivity index (χ2v) is 5.11. The average Bonchev–Trinajstić information content (AvgIpc) is 2.33. The van der Waals surface area contributed by atoms with Gasteiger partial charge in [0.15, 0.2) is 0 Å². The van der Waals surface area contributed by atoms with E-state index in [2.05, 4.69) is 20.0 Å². The minimum Gasteiger partial charge on any atom is -0.449 e. The molecule has 0 aliphatic carbocycles. The highest BCUT2D eigenvalue weighted by Crippen LogP contribution is 2.34. The minimum atomic E-state index is -4.61. The van der Waals surface area contributed by atoms with Crippen LogP contribution < -0.4 is 16.8 Å². The zero-order valence-corrected chi connectivity index (χ0v) is 11.5. The van der Waals surface area contributed by atoms with E-state index in [9.17, 15) is 18.0 Å². The predicted molar refractivity (Wildman–Crippen MR) is 69.3 cm³/mol. The van der Waals surface area contributed by atoms with Crippen molar-refractivity contribution < 1.29 is 22.7 Å². The Labute approximate surface area is 118 Å². The summed E-state index contributed by atoms with van der Waals surface area (Å²) < 4.78 is 43.1. The van der Waals surface area contributed by atoms with Gasteiger partial charge in [0.2, 0.25) is 5.95 Å². The first-order chi connectivity index (χ1) is 9.51. The van der Waals surface area contributed by atoms with E-state index in [4.69, 9.17) is 11.5 Å². The molecule has 0 bridgehead atoms. The Bertz CT molecular complexity index is 519. The van der Waals surface area contributed by atoms with E-state index >= 15 is 0 Å². The summed E-state index contributed by atoms with van der Waals surface area (Å²) in [5.74, 6) is -0.709. The standard InChI is InChI=1S/C11H16F3N5O2/c1-10(2,5-21-9(16)20)4-18-7-6(11(12,13)14)3-17-8(15)19-7/h3H,4-5H2,1-2H3,(H2,16,20)(H3,15,17,18,19). The number of carbonyl (C=O) groups excluding carboxylic acids is 1. The van der Waals surface area contributed by atoms with Crippen LogP contribution in [0.4, 0.5) is 29.7 Å². The van der Waals surface area contributed by atoms with Crippen LogP contribution in [0.5, 0.6) is 0 Å². The predicted octanol–water partition coefficient (Wildman–Crippen LogP) is 1.61. The van der Waals surface area contributed by atoms with Gasteiger partial charge in [0.25, 0.3) is 0 Å². The smallest absolute Gasteiger partial charge is 0.421 e. The summed E-state index contributed by atoms with van der Waals surface area (Å²) in [7, 11) is 0. The summed E-state index contributed by atoms with van der Waals surface area (Å²) in [6, 6.07) is 0. The highest BCUT2D eigenvalue weighted by molar-refractivity contribution is 5.64. The summed E-state index contributed by atoms with van der Waals surface area (Å²) in [5, 5.41) is 2.54. The number of halogens is 3. The number of hydrogen-bond donors (Lipinski definition) is 3. The summed E-state index contributed by atoms with van der Waals surface area (Å²) in [6.45, 7) is 3.36. The molecule has 0 spiro atoms. The number of nitrogen functional groups attached to an aromatic ring is 1. The van der Waals surface area contributed by atoms with Gasteiger partial charge in [-0.25, -0.2) is 9.78 Å². The molecule has 1 aromatic heterocycles. The molecule has 0 unspecified atom stereocenters. The first-order valence-electron chi connectivity index (χ1n) is 5.87. The molecule has 1 aromatic rings. The number of nitrogens with zero attached hydrogens (tertiary/aromatic N) is 2. The molecular formula is C11H16F3N5O2. The number of amides is 1. The third-order valence-electron chi connectivity index (χ3n) is 2.45. The van der Waals surface area contributed by atoms with Gasteiger partial charge < -0.3 is 21.5 Å². The van der Waals surface area contributed by atoms with Crippen LogP contribution in [0.3, 0.4) is 0 Å². The van der Waals surface area contributed by atoms with Gasteiger partial charge in [0.1, 0.15) is 11.4 Å². The van der Waals surface area contributed by atoms with Gasteiger partial charge in [-0.1, -0.05) is 13.8 Å². The van der Waals surface area contributed by atoms with Gasteiger partial charge in [-0.2, -0.15) is 18.2 Å². The van der Waals surface area contributed by atoms with E-state index in [1.807, 2.05) is 0 Å². The van der Waals surface area contributed by atoms with Crippen LogP contribution in [-0.2, 0) is 10.9 Å². The quantitative estimate of drug-likeness (QED) is 0.761. The third-order valence-corrected chi connectivity index (χ3v) is 2.45. The number of rotatable bonds is 5. The Balaban J connectivity index is 2.83. The van der Waals surface area contributed by atoms with Gasteiger partial charge in [-0.15, -0.1) is 0 Å². The van der Waals surface area contributed by atoms with Crippen LogP contribution >= 0.6 is 0 Å². The summed E-state index contributed by atoms with van der Waals surface area (Å²) in [4.78, 5) is 17.4. The van der Waals surface area contributed by atoms with Crippen molar-refractivity contribution >= 4 is 17.9 Å². The van der Waals surface area contributed by atoms with Crippen LogP contribution in [0.1, 0.15) is 19.4 Å². The molecule has 0 saturated carbocycles. The Morgan fingerprint density at radius 1 is 1.43 bits per heavy atom. The zero-order chi connectivity index (χ0) is 16.3. The second kappa shape index (κ2) is 6.02. The lowest BCUT2D eigenvalue weighted by molar-refractivity contribution is -0.137.